The van der Waals surface area contributed by atoms with Gasteiger partial charge < -0.3 is 16.2 Å². The summed E-state index contributed by atoms with van der Waals surface area (Å²) < 4.78 is 26.9. The molecule has 3 aromatic rings. The van der Waals surface area contributed by atoms with Crippen LogP contribution in [0.2, 0.25) is 0 Å². The lowest BCUT2D eigenvalue weighted by Gasteiger charge is -2.25. The van der Waals surface area contributed by atoms with Crippen LogP contribution in [-0.4, -0.2) is 44.1 Å². The minimum Gasteiger partial charge on any atom is -0.478 e. The monoisotopic (exact) mass is 573 g/mol. The van der Waals surface area contributed by atoms with E-state index in [1.807, 2.05) is 0 Å². The summed E-state index contributed by atoms with van der Waals surface area (Å²) in [5.74, 6) is -5.25. The molecule has 1 aliphatic heterocycles. The average Bonchev–Trinajstić information content (AvgIpc) is 3.43. The molecule has 1 saturated heterocycles. The maximum Gasteiger partial charge on any atom is 0.335 e. The number of carbonyl (C=O) groups is 4. The third kappa shape index (κ3) is 5.96. The first-order chi connectivity index (χ1) is 18.0. The number of halogens is 2. The van der Waals surface area contributed by atoms with Crippen molar-refractivity contribution in [1.29, 1.82) is 0 Å². The van der Waals surface area contributed by atoms with Crippen LogP contribution in [0.5, 0.6) is 0 Å². The quantitative estimate of drug-likeness (QED) is 0.268. The van der Waals surface area contributed by atoms with Gasteiger partial charge in [0.25, 0.3) is 5.91 Å². The number of hydrogen-bond donors (Lipinski definition) is 3. The largest absolute Gasteiger partial charge is 0.478 e. The van der Waals surface area contributed by atoms with Crippen LogP contribution < -0.4 is 11.1 Å². The fraction of sp³-hybridized carbons (Fsp3) is 0.0800. The number of aromatic carboxylic acids is 1. The minimum absolute atomic E-state index is 0.0139. The Balaban J connectivity index is 1.55. The van der Waals surface area contributed by atoms with Crippen molar-refractivity contribution in [3.63, 3.8) is 0 Å². The SMILES string of the molecule is NC(=O)C[C@H](C(=O)Nc1ccc(C(=O)O)cc1)N1C(=O)/C(=C/c2cc(-c3ccc(F)c(F)c3)cs2)SC1=S. The number of nitrogens with two attached hydrogens (primary N) is 1. The molecule has 4 rings (SSSR count). The van der Waals surface area contributed by atoms with E-state index >= 15 is 0 Å². The first-order valence-corrected chi connectivity index (χ1v) is 12.9. The van der Waals surface area contributed by atoms with Crippen LogP contribution in [0, 0.1) is 11.6 Å². The third-order valence-electron chi connectivity index (χ3n) is 5.38. The molecule has 2 aromatic carbocycles. The van der Waals surface area contributed by atoms with Gasteiger partial charge in [-0.25, -0.2) is 13.6 Å². The van der Waals surface area contributed by atoms with E-state index in [0.29, 0.717) is 16.0 Å². The highest BCUT2D eigenvalue weighted by Gasteiger charge is 2.41. The van der Waals surface area contributed by atoms with Gasteiger partial charge in [-0.3, -0.25) is 19.3 Å². The molecule has 0 aliphatic carbocycles. The van der Waals surface area contributed by atoms with E-state index in [4.69, 9.17) is 23.1 Å². The second-order valence-corrected chi connectivity index (χ2v) is 10.6. The zero-order valence-corrected chi connectivity index (χ0v) is 21.6. The predicted octanol–water partition coefficient (Wildman–Crippen LogP) is 4.48. The summed E-state index contributed by atoms with van der Waals surface area (Å²) >= 11 is 7.53. The standard InChI is InChI=1S/C25H17F2N3O5S3/c26-17-6-3-13(8-18(17)27)14-7-16(37-11-14)9-20-23(33)30(25(36)38-20)19(10-21(28)31)22(32)29-15-4-1-12(2-5-15)24(34)35/h1-9,11,19H,10H2,(H2,28,31)(H,29,32)(H,34,35)/b20-9-/t19-/m1/s1. The Hall–Kier alpha value is -3.94. The Bertz CT molecular complexity index is 1500. The molecule has 0 saturated carbocycles. The van der Waals surface area contributed by atoms with Gasteiger partial charge in [-0.15, -0.1) is 11.3 Å². The van der Waals surface area contributed by atoms with E-state index in [-0.39, 0.29) is 20.5 Å². The topological polar surface area (TPSA) is 130 Å². The molecule has 2 heterocycles. The number of carbonyl (C=O) groups excluding carboxylic acids is 3. The van der Waals surface area contributed by atoms with Crippen molar-refractivity contribution in [3.05, 3.63) is 80.9 Å². The van der Waals surface area contributed by atoms with Crippen molar-refractivity contribution in [2.24, 2.45) is 5.73 Å². The Kier molecular flexibility index (Phi) is 7.99. The van der Waals surface area contributed by atoms with Gasteiger partial charge in [0.1, 0.15) is 10.4 Å². The maximum atomic E-state index is 13.6. The van der Waals surface area contributed by atoms with Crippen molar-refractivity contribution >= 4 is 75.1 Å². The highest BCUT2D eigenvalue weighted by molar-refractivity contribution is 8.26. The molecule has 0 spiro atoms. The fourth-order valence-corrected chi connectivity index (χ4v) is 5.82. The molecule has 3 amide bonds. The van der Waals surface area contributed by atoms with Gasteiger partial charge >= 0.3 is 5.97 Å². The second-order valence-electron chi connectivity index (χ2n) is 7.98. The Morgan fingerprint density at radius 1 is 1.08 bits per heavy atom. The van der Waals surface area contributed by atoms with Crippen molar-refractivity contribution in [3.8, 4) is 11.1 Å². The lowest BCUT2D eigenvalue weighted by Crippen LogP contribution is -2.48. The maximum absolute atomic E-state index is 13.6. The number of carboxylic acid groups (broad SMARTS) is 1. The summed E-state index contributed by atoms with van der Waals surface area (Å²) in [5.41, 5.74) is 6.68. The number of hydrogen-bond acceptors (Lipinski definition) is 7. The Morgan fingerprint density at radius 3 is 2.42 bits per heavy atom. The molecular weight excluding hydrogens is 556 g/mol. The van der Waals surface area contributed by atoms with E-state index < -0.39 is 47.8 Å². The molecule has 1 atom stereocenters. The summed E-state index contributed by atoms with van der Waals surface area (Å²) in [5, 5.41) is 13.3. The highest BCUT2D eigenvalue weighted by atomic mass is 32.2. The zero-order chi connectivity index (χ0) is 27.6. The van der Waals surface area contributed by atoms with Crippen LogP contribution in [-0.2, 0) is 14.4 Å². The number of anilines is 1. The Morgan fingerprint density at radius 2 is 1.79 bits per heavy atom. The molecule has 8 nitrogen and oxygen atoms in total. The highest BCUT2D eigenvalue weighted by Crippen LogP contribution is 2.37. The molecule has 1 aromatic heterocycles. The van der Waals surface area contributed by atoms with Crippen molar-refractivity contribution in [1.82, 2.24) is 4.90 Å². The van der Waals surface area contributed by atoms with Crippen LogP contribution in [0.15, 0.2) is 58.8 Å². The molecular formula is C25H17F2N3O5S3. The molecule has 1 aliphatic rings. The number of nitrogens with zero attached hydrogens (tertiary/aromatic N) is 1. The Labute approximate surface area is 228 Å². The number of carboxylic acids is 1. The molecule has 13 heteroatoms. The molecule has 4 N–H and O–H groups in total. The number of rotatable bonds is 8. The third-order valence-corrected chi connectivity index (χ3v) is 7.59. The van der Waals surface area contributed by atoms with Gasteiger partial charge in [-0.2, -0.15) is 0 Å². The average molecular weight is 574 g/mol. The predicted molar refractivity (Wildman–Crippen MR) is 144 cm³/mol. The van der Waals surface area contributed by atoms with Crippen molar-refractivity contribution in [2.75, 3.05) is 5.32 Å². The van der Waals surface area contributed by atoms with E-state index in [1.165, 1.54) is 41.7 Å². The summed E-state index contributed by atoms with van der Waals surface area (Å²) in [4.78, 5) is 50.9. The summed E-state index contributed by atoms with van der Waals surface area (Å²) in [6, 6.07) is 9.21. The lowest BCUT2D eigenvalue weighted by atomic mass is 10.1. The smallest absolute Gasteiger partial charge is 0.335 e. The van der Waals surface area contributed by atoms with Gasteiger partial charge in [0.15, 0.2) is 11.6 Å². The van der Waals surface area contributed by atoms with Gasteiger partial charge in [0.05, 0.1) is 16.9 Å². The van der Waals surface area contributed by atoms with E-state index in [2.05, 4.69) is 5.32 Å². The zero-order valence-electron chi connectivity index (χ0n) is 19.1. The van der Waals surface area contributed by atoms with E-state index in [9.17, 15) is 28.0 Å². The summed E-state index contributed by atoms with van der Waals surface area (Å²) in [6.07, 6.45) is 1.05. The number of thiophene rings is 1. The number of thiocarbonyl (C=S) groups is 1. The molecule has 1 fully saturated rings. The van der Waals surface area contributed by atoms with Crippen LogP contribution in [0.1, 0.15) is 21.7 Å². The number of benzene rings is 2. The van der Waals surface area contributed by atoms with Crippen LogP contribution >= 0.6 is 35.3 Å². The first-order valence-electron chi connectivity index (χ1n) is 10.8. The van der Waals surface area contributed by atoms with Crippen molar-refractivity contribution in [2.45, 2.75) is 12.5 Å². The number of amides is 3. The van der Waals surface area contributed by atoms with Gasteiger partial charge in [0, 0.05) is 10.6 Å². The summed E-state index contributed by atoms with van der Waals surface area (Å²) in [7, 11) is 0. The number of nitrogens with one attached hydrogen (secondary N) is 1. The molecule has 0 radical (unpaired) electrons. The first kappa shape index (κ1) is 27.1. The number of primary amides is 1. The van der Waals surface area contributed by atoms with E-state index in [1.54, 1.807) is 17.5 Å². The van der Waals surface area contributed by atoms with Gasteiger partial charge in [0.2, 0.25) is 11.8 Å². The van der Waals surface area contributed by atoms with Crippen LogP contribution in [0.3, 0.4) is 0 Å². The van der Waals surface area contributed by atoms with Gasteiger partial charge in [-0.05, 0) is 65.0 Å². The van der Waals surface area contributed by atoms with Crippen LogP contribution in [0.25, 0.3) is 17.2 Å². The second kappa shape index (κ2) is 11.2. The normalized spacial score (nSPS) is 15.1. The van der Waals surface area contributed by atoms with Crippen molar-refractivity contribution < 1.29 is 33.1 Å². The summed E-state index contributed by atoms with van der Waals surface area (Å²) in [6.45, 7) is 0. The molecule has 194 valence electrons. The van der Waals surface area contributed by atoms with Gasteiger partial charge in [-0.1, -0.05) is 30.0 Å². The molecule has 38 heavy (non-hydrogen) atoms. The number of thioether (sulfide) groups is 1. The molecule has 0 bridgehead atoms. The molecule has 0 unspecified atom stereocenters. The lowest BCUT2D eigenvalue weighted by molar-refractivity contribution is -0.132. The van der Waals surface area contributed by atoms with E-state index in [0.717, 1.165) is 28.8 Å². The minimum atomic E-state index is -1.34. The van der Waals surface area contributed by atoms with Crippen LogP contribution in [0.4, 0.5) is 14.5 Å². The fourth-order valence-electron chi connectivity index (χ4n) is 3.55.